The van der Waals surface area contributed by atoms with Crippen LogP contribution >= 0.6 is 12.6 Å². The number of hydrogen-bond acceptors (Lipinski definition) is 3. The Morgan fingerprint density at radius 2 is 1.89 bits per heavy atom. The van der Waals surface area contributed by atoms with Gasteiger partial charge in [-0.15, -0.1) is 0 Å². The average molecular weight is 282 g/mol. The van der Waals surface area contributed by atoms with Gasteiger partial charge in [0, 0.05) is 0 Å². The molecule has 0 amide bonds. The second-order valence-electron chi connectivity index (χ2n) is 6.00. The molecule has 0 radical (unpaired) electrons. The minimum Gasteiger partial charge on any atom is -0.507 e. The summed E-state index contributed by atoms with van der Waals surface area (Å²) in [4.78, 5) is 10.9. The Morgan fingerprint density at radius 1 is 1.37 bits per heavy atom. The molecule has 1 aromatic carbocycles. The van der Waals surface area contributed by atoms with Crippen LogP contribution in [0.2, 0.25) is 0 Å². The lowest BCUT2D eigenvalue weighted by Crippen LogP contribution is -2.19. The molecule has 2 N–H and O–H groups in total. The first-order chi connectivity index (χ1) is 8.55. The second kappa shape index (κ2) is 5.45. The number of aryl methyl sites for hydroxylation is 1. The second-order valence-corrected chi connectivity index (χ2v) is 6.62. The Morgan fingerprint density at radius 3 is 2.32 bits per heavy atom. The fourth-order valence-corrected chi connectivity index (χ4v) is 2.36. The minimum atomic E-state index is -0.943. The number of carbonyl (C=O) groups is 1. The first-order valence-corrected chi connectivity index (χ1v) is 6.80. The summed E-state index contributed by atoms with van der Waals surface area (Å²) in [5.41, 5.74) is 3.36. The standard InChI is InChI=1S/C15H22O3S/c1-8-6-11(15(3,4)5)13(16)9(2)10(8)7-12(19)14(17)18/h6,12,16,19H,7H2,1-5H3,(H,17,18). The number of carboxylic acid groups (broad SMARTS) is 1. The lowest BCUT2D eigenvalue weighted by molar-refractivity contribution is -0.136. The van der Waals surface area contributed by atoms with Gasteiger partial charge in [0.2, 0.25) is 0 Å². The third-order valence-corrected chi connectivity index (χ3v) is 3.79. The Bertz CT molecular complexity index is 501. The van der Waals surface area contributed by atoms with Crippen LogP contribution in [0.4, 0.5) is 0 Å². The van der Waals surface area contributed by atoms with Crippen LogP contribution in [0.3, 0.4) is 0 Å². The van der Waals surface area contributed by atoms with Crippen molar-refractivity contribution < 1.29 is 15.0 Å². The predicted octanol–water partition coefficient (Wildman–Crippen LogP) is 3.23. The van der Waals surface area contributed by atoms with E-state index in [4.69, 9.17) is 5.11 Å². The van der Waals surface area contributed by atoms with Crippen LogP contribution in [0, 0.1) is 13.8 Å². The van der Waals surface area contributed by atoms with Crippen molar-refractivity contribution in [2.45, 2.75) is 51.7 Å². The molecule has 0 fully saturated rings. The van der Waals surface area contributed by atoms with Crippen LogP contribution in [0.1, 0.15) is 43.0 Å². The molecule has 0 aromatic heterocycles. The normalized spacial score (nSPS) is 13.4. The van der Waals surface area contributed by atoms with E-state index in [9.17, 15) is 9.90 Å². The highest BCUT2D eigenvalue weighted by atomic mass is 32.1. The fourth-order valence-electron chi connectivity index (χ4n) is 2.18. The van der Waals surface area contributed by atoms with Crippen LogP contribution in [0.25, 0.3) is 0 Å². The quantitative estimate of drug-likeness (QED) is 0.746. The van der Waals surface area contributed by atoms with Gasteiger partial charge < -0.3 is 10.2 Å². The molecule has 106 valence electrons. The molecule has 0 heterocycles. The van der Waals surface area contributed by atoms with Crippen LogP contribution in [-0.4, -0.2) is 21.4 Å². The molecule has 0 spiro atoms. The molecule has 0 saturated carbocycles. The van der Waals surface area contributed by atoms with Gasteiger partial charge in [-0.05, 0) is 47.9 Å². The first kappa shape index (κ1) is 15.9. The Balaban J connectivity index is 3.31. The number of aliphatic carboxylic acids is 1. The Hall–Kier alpha value is -1.16. The number of phenols is 1. The molecule has 0 aliphatic rings. The van der Waals surface area contributed by atoms with Crippen molar-refractivity contribution in [3.63, 3.8) is 0 Å². The maximum absolute atomic E-state index is 10.9. The van der Waals surface area contributed by atoms with Gasteiger partial charge >= 0.3 is 5.97 Å². The van der Waals surface area contributed by atoms with E-state index in [0.29, 0.717) is 6.42 Å². The molecule has 0 aliphatic carbocycles. The van der Waals surface area contributed by atoms with E-state index in [1.807, 2.05) is 40.7 Å². The topological polar surface area (TPSA) is 57.5 Å². The van der Waals surface area contributed by atoms with Gasteiger partial charge in [-0.1, -0.05) is 26.8 Å². The van der Waals surface area contributed by atoms with Crippen molar-refractivity contribution in [1.29, 1.82) is 0 Å². The number of thiol groups is 1. The van der Waals surface area contributed by atoms with Crippen LogP contribution in [0.5, 0.6) is 5.75 Å². The SMILES string of the molecule is Cc1cc(C(C)(C)C)c(O)c(C)c1CC(S)C(=O)O. The molecule has 0 saturated heterocycles. The summed E-state index contributed by atoms with van der Waals surface area (Å²) in [6, 6.07) is 1.94. The van der Waals surface area contributed by atoms with Crippen LogP contribution in [0.15, 0.2) is 6.07 Å². The number of hydrogen-bond donors (Lipinski definition) is 3. The highest BCUT2D eigenvalue weighted by Gasteiger charge is 2.23. The summed E-state index contributed by atoms with van der Waals surface area (Å²) in [5, 5.41) is 18.5. The monoisotopic (exact) mass is 282 g/mol. The summed E-state index contributed by atoms with van der Waals surface area (Å²) in [5.74, 6) is -0.680. The summed E-state index contributed by atoms with van der Waals surface area (Å²) in [6.45, 7) is 9.90. The highest BCUT2D eigenvalue weighted by Crippen LogP contribution is 2.36. The predicted molar refractivity (Wildman–Crippen MR) is 80.4 cm³/mol. The molecular formula is C15H22O3S. The largest absolute Gasteiger partial charge is 0.507 e. The molecule has 3 nitrogen and oxygen atoms in total. The molecule has 0 bridgehead atoms. The van der Waals surface area contributed by atoms with E-state index in [2.05, 4.69) is 12.6 Å². The van der Waals surface area contributed by atoms with Gasteiger partial charge in [0.25, 0.3) is 0 Å². The van der Waals surface area contributed by atoms with Gasteiger partial charge in [0.05, 0.1) is 0 Å². The van der Waals surface area contributed by atoms with E-state index >= 15 is 0 Å². The van der Waals surface area contributed by atoms with E-state index in [-0.39, 0.29) is 11.2 Å². The number of rotatable bonds is 3. The maximum atomic E-state index is 10.9. The Kier molecular flexibility index (Phi) is 4.56. The summed E-state index contributed by atoms with van der Waals surface area (Å²) in [6.07, 6.45) is 0.314. The number of benzene rings is 1. The summed E-state index contributed by atoms with van der Waals surface area (Å²) >= 11 is 4.07. The molecule has 19 heavy (non-hydrogen) atoms. The van der Waals surface area contributed by atoms with Crippen molar-refractivity contribution in [1.82, 2.24) is 0 Å². The third kappa shape index (κ3) is 3.44. The molecule has 4 heteroatoms. The average Bonchev–Trinajstić information content (AvgIpc) is 2.27. The highest BCUT2D eigenvalue weighted by molar-refractivity contribution is 7.81. The molecule has 1 unspecified atom stereocenters. The van der Waals surface area contributed by atoms with E-state index in [1.54, 1.807) is 0 Å². The van der Waals surface area contributed by atoms with Crippen molar-refractivity contribution in [2.24, 2.45) is 0 Å². The number of phenolic OH excluding ortho intramolecular Hbond substituents is 1. The lowest BCUT2D eigenvalue weighted by atomic mass is 9.82. The summed E-state index contributed by atoms with van der Waals surface area (Å²) < 4.78 is 0. The zero-order valence-corrected chi connectivity index (χ0v) is 13.0. The molecule has 1 aromatic rings. The zero-order valence-electron chi connectivity index (χ0n) is 12.1. The third-order valence-electron chi connectivity index (χ3n) is 3.39. The van der Waals surface area contributed by atoms with Gasteiger partial charge in [-0.25, -0.2) is 0 Å². The fraction of sp³-hybridized carbons (Fsp3) is 0.533. The van der Waals surface area contributed by atoms with Crippen LogP contribution < -0.4 is 0 Å². The van der Waals surface area contributed by atoms with Gasteiger partial charge in [0.15, 0.2) is 0 Å². The lowest BCUT2D eigenvalue weighted by Gasteiger charge is -2.24. The van der Waals surface area contributed by atoms with Crippen LogP contribution in [-0.2, 0) is 16.6 Å². The van der Waals surface area contributed by atoms with Gasteiger partial charge in [0.1, 0.15) is 11.0 Å². The van der Waals surface area contributed by atoms with E-state index in [1.165, 1.54) is 0 Å². The van der Waals surface area contributed by atoms with E-state index < -0.39 is 11.2 Å². The van der Waals surface area contributed by atoms with Crippen molar-refractivity contribution in [3.05, 3.63) is 28.3 Å². The molecule has 0 aliphatic heterocycles. The summed E-state index contributed by atoms with van der Waals surface area (Å²) in [7, 11) is 0. The zero-order chi connectivity index (χ0) is 15.0. The minimum absolute atomic E-state index is 0.148. The smallest absolute Gasteiger partial charge is 0.316 e. The Labute approximate surface area is 120 Å². The molecular weight excluding hydrogens is 260 g/mol. The van der Waals surface area contributed by atoms with Gasteiger partial charge in [-0.2, -0.15) is 12.6 Å². The molecule has 1 atom stereocenters. The van der Waals surface area contributed by atoms with Crippen molar-refractivity contribution >= 4 is 18.6 Å². The maximum Gasteiger partial charge on any atom is 0.316 e. The number of aromatic hydroxyl groups is 1. The first-order valence-electron chi connectivity index (χ1n) is 6.29. The molecule has 1 rings (SSSR count). The van der Waals surface area contributed by atoms with Gasteiger partial charge in [-0.3, -0.25) is 4.79 Å². The van der Waals surface area contributed by atoms with Crippen molar-refractivity contribution in [3.8, 4) is 5.75 Å². The van der Waals surface area contributed by atoms with Crippen molar-refractivity contribution in [2.75, 3.05) is 0 Å². The number of carboxylic acids is 1. The van der Waals surface area contributed by atoms with E-state index in [0.717, 1.165) is 22.3 Å².